The first kappa shape index (κ1) is 25.4. The van der Waals surface area contributed by atoms with Crippen molar-refractivity contribution in [2.45, 2.75) is 88.0 Å². The van der Waals surface area contributed by atoms with Crippen molar-refractivity contribution in [1.29, 1.82) is 0 Å². The zero-order valence-corrected chi connectivity index (χ0v) is 21.0. The van der Waals surface area contributed by atoms with Gasteiger partial charge in [-0.25, -0.2) is 9.78 Å². The summed E-state index contributed by atoms with van der Waals surface area (Å²) in [7, 11) is 0. The Balaban J connectivity index is 1.44. The molecule has 2 aliphatic rings. The van der Waals surface area contributed by atoms with Gasteiger partial charge in [0.15, 0.2) is 10.0 Å². The summed E-state index contributed by atoms with van der Waals surface area (Å²) in [5.74, 6) is 1.73. The topological polar surface area (TPSA) is 76.5 Å². The average Bonchev–Trinajstić information content (AvgIpc) is 3.36. The first-order chi connectivity index (χ1) is 15.4. The van der Waals surface area contributed by atoms with Crippen molar-refractivity contribution in [3.63, 3.8) is 0 Å². The van der Waals surface area contributed by atoms with Gasteiger partial charge in [-0.3, -0.25) is 4.79 Å². The Morgan fingerprint density at radius 1 is 1.34 bits per heavy atom. The summed E-state index contributed by atoms with van der Waals surface area (Å²) in [6, 6.07) is 0. The summed E-state index contributed by atoms with van der Waals surface area (Å²) in [4.78, 5) is 28.5. The van der Waals surface area contributed by atoms with Crippen molar-refractivity contribution in [2.75, 3.05) is 12.4 Å². The number of allylic oxidation sites excluding steroid dienone is 1. The molecule has 1 aromatic rings. The molecule has 5 nitrogen and oxygen atoms in total. The van der Waals surface area contributed by atoms with Crippen LogP contribution in [0.15, 0.2) is 21.9 Å². The molecule has 1 N–H and O–H groups in total. The normalized spacial score (nSPS) is 24.2. The Labute approximate surface area is 200 Å². The van der Waals surface area contributed by atoms with E-state index < -0.39 is 5.60 Å². The second kappa shape index (κ2) is 12.3. The number of carbonyl (C=O) groups is 2. The van der Waals surface area contributed by atoms with Crippen LogP contribution in [0.3, 0.4) is 0 Å². The van der Waals surface area contributed by atoms with Gasteiger partial charge in [-0.2, -0.15) is 0 Å². The van der Waals surface area contributed by atoms with Gasteiger partial charge in [0.2, 0.25) is 0 Å². The Hall–Kier alpha value is -1.18. The molecule has 1 aromatic heterocycles. The van der Waals surface area contributed by atoms with E-state index in [-0.39, 0.29) is 17.8 Å². The molecular formula is C25H37NO4S2. The highest BCUT2D eigenvalue weighted by molar-refractivity contribution is 8.01. The fourth-order valence-electron chi connectivity index (χ4n) is 5.03. The molecule has 178 valence electrons. The van der Waals surface area contributed by atoms with Gasteiger partial charge in [-0.05, 0) is 51.4 Å². The lowest BCUT2D eigenvalue weighted by Crippen LogP contribution is -2.28. The van der Waals surface area contributed by atoms with Crippen LogP contribution in [0.4, 0.5) is 0 Å². The third kappa shape index (κ3) is 7.70. The highest BCUT2D eigenvalue weighted by Crippen LogP contribution is 2.36. The van der Waals surface area contributed by atoms with E-state index in [0.717, 1.165) is 29.4 Å². The Kier molecular flexibility index (Phi) is 9.80. The van der Waals surface area contributed by atoms with Gasteiger partial charge in [0.05, 0.1) is 12.2 Å². The fourth-order valence-corrected chi connectivity index (χ4v) is 6.92. The minimum Gasteiger partial charge on any atom is -0.461 e. The number of ether oxygens (including phenoxy) is 1. The summed E-state index contributed by atoms with van der Waals surface area (Å²) < 4.78 is 5.82. The number of esters is 1. The van der Waals surface area contributed by atoms with Crippen LogP contribution < -0.4 is 0 Å². The minimum atomic E-state index is -0.659. The number of aromatic nitrogens is 1. The largest absolute Gasteiger partial charge is 0.461 e. The molecule has 2 aliphatic carbocycles. The first-order valence-electron chi connectivity index (χ1n) is 12.0. The lowest BCUT2D eigenvalue weighted by molar-refractivity contribution is -0.121. The summed E-state index contributed by atoms with van der Waals surface area (Å²) in [6.07, 6.45) is 14.6. The molecule has 0 saturated heterocycles. The molecule has 7 heteroatoms. The van der Waals surface area contributed by atoms with Crippen molar-refractivity contribution in [3.8, 4) is 0 Å². The lowest BCUT2D eigenvalue weighted by atomic mass is 9.80. The SMILES string of the molecule is CCOC(=O)c1csc(SCC[C@H]2C(=O)CC[C@H]2/C=C/C[C@](C)(O)CC2CCCCC2)n1. The summed E-state index contributed by atoms with van der Waals surface area (Å²) >= 11 is 3.04. The monoisotopic (exact) mass is 479 g/mol. The summed E-state index contributed by atoms with van der Waals surface area (Å²) in [5.41, 5.74) is -0.300. The highest BCUT2D eigenvalue weighted by atomic mass is 32.2. The third-order valence-electron chi connectivity index (χ3n) is 6.67. The zero-order chi connectivity index (χ0) is 23.0. The van der Waals surface area contributed by atoms with Crippen LogP contribution in [0.25, 0.3) is 0 Å². The molecular weight excluding hydrogens is 442 g/mol. The number of carbonyl (C=O) groups excluding carboxylic acids is 2. The van der Waals surface area contributed by atoms with Crippen molar-refractivity contribution in [3.05, 3.63) is 23.2 Å². The van der Waals surface area contributed by atoms with Gasteiger partial charge in [-0.15, -0.1) is 11.3 Å². The van der Waals surface area contributed by atoms with Crippen molar-refractivity contribution in [2.24, 2.45) is 17.8 Å². The zero-order valence-electron chi connectivity index (χ0n) is 19.4. The number of nitrogens with zero attached hydrogens (tertiary/aromatic N) is 1. The minimum absolute atomic E-state index is 0.0477. The second-order valence-electron chi connectivity index (χ2n) is 9.47. The van der Waals surface area contributed by atoms with E-state index in [2.05, 4.69) is 17.1 Å². The quantitative estimate of drug-likeness (QED) is 0.236. The van der Waals surface area contributed by atoms with Gasteiger partial charge >= 0.3 is 5.97 Å². The molecule has 0 radical (unpaired) electrons. The Morgan fingerprint density at radius 2 is 2.12 bits per heavy atom. The van der Waals surface area contributed by atoms with Crippen molar-refractivity contribution in [1.82, 2.24) is 4.98 Å². The van der Waals surface area contributed by atoms with E-state index in [1.165, 1.54) is 43.4 Å². The summed E-state index contributed by atoms with van der Waals surface area (Å²) in [5, 5.41) is 12.6. The summed E-state index contributed by atoms with van der Waals surface area (Å²) in [6.45, 7) is 4.08. The van der Waals surface area contributed by atoms with E-state index in [4.69, 9.17) is 4.74 Å². The molecule has 2 fully saturated rings. The highest BCUT2D eigenvalue weighted by Gasteiger charge is 2.33. The molecule has 2 saturated carbocycles. The molecule has 0 unspecified atom stereocenters. The number of Topliss-reactive ketones (excluding diaryl/α,β-unsaturated/α-hetero) is 1. The molecule has 0 aromatic carbocycles. The molecule has 3 rings (SSSR count). The van der Waals surface area contributed by atoms with Gasteiger partial charge in [0, 0.05) is 23.5 Å². The predicted octanol–water partition coefficient (Wildman–Crippen LogP) is 6.07. The number of hydrogen-bond donors (Lipinski definition) is 1. The predicted molar refractivity (Wildman–Crippen MR) is 130 cm³/mol. The Bertz CT molecular complexity index is 783. The van der Waals surface area contributed by atoms with E-state index >= 15 is 0 Å². The van der Waals surface area contributed by atoms with Crippen LogP contribution in [0.1, 0.15) is 88.5 Å². The van der Waals surface area contributed by atoms with Crippen LogP contribution >= 0.6 is 23.1 Å². The standard InChI is InChI=1S/C25H37NO4S2/c1-3-30-23(28)21-17-32-24(26-21)31-15-13-20-19(11-12-22(20)27)10-7-14-25(2,29)16-18-8-5-4-6-9-18/h7,10,17-20,29H,3-6,8-9,11-16H2,1-2H3/b10-7+/t19-,20-,25+/m1/s1. The molecule has 0 spiro atoms. The molecule has 32 heavy (non-hydrogen) atoms. The maximum atomic E-state index is 12.4. The van der Waals surface area contributed by atoms with Crippen molar-refractivity contribution < 1.29 is 19.4 Å². The van der Waals surface area contributed by atoms with E-state index in [9.17, 15) is 14.7 Å². The van der Waals surface area contributed by atoms with Gasteiger partial charge < -0.3 is 9.84 Å². The fraction of sp³-hybridized carbons (Fsp3) is 0.720. The Morgan fingerprint density at radius 3 is 2.88 bits per heavy atom. The maximum absolute atomic E-state index is 12.4. The number of aliphatic hydroxyl groups is 1. The van der Waals surface area contributed by atoms with Crippen molar-refractivity contribution >= 4 is 34.9 Å². The number of thiazole rings is 1. The average molecular weight is 480 g/mol. The second-order valence-corrected chi connectivity index (χ2v) is 11.7. The van der Waals surface area contributed by atoms with Gasteiger partial charge in [-0.1, -0.05) is 56.0 Å². The van der Waals surface area contributed by atoms with Crippen LogP contribution in [0.5, 0.6) is 0 Å². The van der Waals surface area contributed by atoms with E-state index in [1.54, 1.807) is 24.1 Å². The number of ketones is 1. The lowest BCUT2D eigenvalue weighted by Gasteiger charge is -2.30. The molecule has 3 atom stereocenters. The van der Waals surface area contributed by atoms with Crippen LogP contribution in [-0.4, -0.2) is 39.8 Å². The molecule has 0 aliphatic heterocycles. The van der Waals surface area contributed by atoms with E-state index in [1.807, 2.05) is 6.92 Å². The first-order valence-corrected chi connectivity index (χ1v) is 13.9. The van der Waals surface area contributed by atoms with Gasteiger partial charge in [0.1, 0.15) is 5.78 Å². The smallest absolute Gasteiger partial charge is 0.357 e. The van der Waals surface area contributed by atoms with Crippen LogP contribution in [0.2, 0.25) is 0 Å². The third-order valence-corrected chi connectivity index (χ3v) is 8.72. The van der Waals surface area contributed by atoms with Gasteiger partial charge in [0.25, 0.3) is 0 Å². The van der Waals surface area contributed by atoms with Crippen LogP contribution in [0, 0.1) is 17.8 Å². The van der Waals surface area contributed by atoms with E-state index in [0.29, 0.717) is 36.8 Å². The molecule has 0 amide bonds. The molecule has 1 heterocycles. The number of hydrogen-bond acceptors (Lipinski definition) is 7. The van der Waals surface area contributed by atoms with Crippen LogP contribution in [-0.2, 0) is 9.53 Å². The number of thioether (sulfide) groups is 1. The maximum Gasteiger partial charge on any atom is 0.357 e. The molecule has 0 bridgehead atoms. The number of rotatable bonds is 11.